The van der Waals surface area contributed by atoms with Crippen molar-refractivity contribution in [3.8, 4) is 0 Å². The molecule has 3 heteroatoms. The van der Waals surface area contributed by atoms with Crippen LogP contribution in [0.4, 0.5) is 0 Å². The quantitative estimate of drug-likeness (QED) is 0.419. The first-order chi connectivity index (χ1) is 9.92. The molecule has 94 valence electrons. The Morgan fingerprint density at radius 2 is 1.80 bits per heavy atom. The molecule has 20 heavy (non-hydrogen) atoms. The number of H-pyrrole nitrogens is 1. The monoisotopic (exact) mass is 274 g/mol. The van der Waals surface area contributed by atoms with E-state index in [1.807, 2.05) is 23.6 Å². The molecule has 0 aliphatic heterocycles. The zero-order valence-corrected chi connectivity index (χ0v) is 11.4. The number of fused-ring (bicyclic) bond motifs is 7. The van der Waals surface area contributed by atoms with Crippen molar-refractivity contribution in [1.29, 1.82) is 0 Å². The zero-order chi connectivity index (χ0) is 13.1. The number of thiophene rings is 1. The van der Waals surface area contributed by atoms with Crippen LogP contribution in [0.3, 0.4) is 0 Å². The van der Waals surface area contributed by atoms with Crippen LogP contribution in [0.1, 0.15) is 0 Å². The molecule has 3 aromatic heterocycles. The van der Waals surface area contributed by atoms with E-state index in [-0.39, 0.29) is 0 Å². The molecular weight excluding hydrogens is 264 g/mol. The number of benzene rings is 2. The van der Waals surface area contributed by atoms with Crippen molar-refractivity contribution in [3.05, 3.63) is 54.7 Å². The van der Waals surface area contributed by atoms with Gasteiger partial charge in [0.25, 0.3) is 0 Å². The van der Waals surface area contributed by atoms with Crippen molar-refractivity contribution >= 4 is 53.4 Å². The van der Waals surface area contributed by atoms with E-state index in [1.165, 1.54) is 36.6 Å². The van der Waals surface area contributed by atoms with Crippen molar-refractivity contribution in [3.63, 3.8) is 0 Å². The summed E-state index contributed by atoms with van der Waals surface area (Å²) in [6.45, 7) is 0. The lowest BCUT2D eigenvalue weighted by Crippen LogP contribution is -1.77. The molecule has 0 radical (unpaired) electrons. The predicted octanol–water partition coefficient (Wildman–Crippen LogP) is 5.08. The Bertz CT molecular complexity index is 1100. The van der Waals surface area contributed by atoms with Gasteiger partial charge in [-0.15, -0.1) is 11.3 Å². The number of hydrogen-bond donors (Lipinski definition) is 1. The van der Waals surface area contributed by atoms with Gasteiger partial charge in [0, 0.05) is 32.6 Å². The summed E-state index contributed by atoms with van der Waals surface area (Å²) in [5.41, 5.74) is 3.49. The van der Waals surface area contributed by atoms with E-state index < -0.39 is 0 Å². The van der Waals surface area contributed by atoms with Crippen LogP contribution in [0.15, 0.2) is 54.7 Å². The predicted molar refractivity (Wildman–Crippen MR) is 86.5 cm³/mol. The van der Waals surface area contributed by atoms with Crippen molar-refractivity contribution < 1.29 is 0 Å². The summed E-state index contributed by atoms with van der Waals surface area (Å²) < 4.78 is 2.66. The topological polar surface area (TPSA) is 28.7 Å². The Labute approximate surface area is 118 Å². The first-order valence-electron chi connectivity index (χ1n) is 6.58. The Hall–Kier alpha value is -2.39. The minimum Gasteiger partial charge on any atom is -0.353 e. The molecule has 0 unspecified atom stereocenters. The number of nitrogens with one attached hydrogen (secondary N) is 1. The van der Waals surface area contributed by atoms with Gasteiger partial charge in [-0.1, -0.05) is 24.3 Å². The number of pyridine rings is 1. The Morgan fingerprint density at radius 1 is 0.900 bits per heavy atom. The molecule has 2 aromatic carbocycles. The van der Waals surface area contributed by atoms with Crippen LogP contribution in [-0.2, 0) is 0 Å². The van der Waals surface area contributed by atoms with E-state index in [4.69, 9.17) is 0 Å². The van der Waals surface area contributed by atoms with Crippen LogP contribution in [0, 0.1) is 0 Å². The molecule has 0 spiro atoms. The maximum Gasteiger partial charge on any atom is 0.0710 e. The maximum absolute atomic E-state index is 4.46. The second kappa shape index (κ2) is 3.58. The minimum absolute atomic E-state index is 1.05. The van der Waals surface area contributed by atoms with Gasteiger partial charge in [0.15, 0.2) is 0 Å². The molecule has 5 rings (SSSR count). The van der Waals surface area contributed by atoms with E-state index >= 15 is 0 Å². The highest BCUT2D eigenvalue weighted by Gasteiger charge is 2.13. The molecule has 1 N–H and O–H groups in total. The SMILES string of the molecule is c1ccc2c(c1)sc1c2[nH]c2ccc3ncccc3c21. The summed E-state index contributed by atoms with van der Waals surface area (Å²) in [4.78, 5) is 8.04. The summed E-state index contributed by atoms with van der Waals surface area (Å²) in [6, 6.07) is 16.9. The van der Waals surface area contributed by atoms with E-state index in [9.17, 15) is 0 Å². The van der Waals surface area contributed by atoms with Crippen molar-refractivity contribution in [2.75, 3.05) is 0 Å². The highest BCUT2D eigenvalue weighted by atomic mass is 32.1. The van der Waals surface area contributed by atoms with Crippen LogP contribution in [0.25, 0.3) is 42.1 Å². The van der Waals surface area contributed by atoms with Gasteiger partial charge in [-0.05, 0) is 24.3 Å². The molecule has 0 fully saturated rings. The van der Waals surface area contributed by atoms with Gasteiger partial charge in [-0.3, -0.25) is 4.98 Å². The fraction of sp³-hybridized carbons (Fsp3) is 0. The van der Waals surface area contributed by atoms with Crippen molar-refractivity contribution in [2.45, 2.75) is 0 Å². The summed E-state index contributed by atoms with van der Waals surface area (Å²) in [5.74, 6) is 0. The number of aromatic nitrogens is 2. The maximum atomic E-state index is 4.46. The standard InChI is InChI=1S/C17H10N2S/c1-2-6-14-11(4-1)16-17(20-14)15-10-5-3-9-18-12(10)7-8-13(15)19-16/h1-9,19H. The van der Waals surface area contributed by atoms with Crippen LogP contribution >= 0.6 is 11.3 Å². The highest BCUT2D eigenvalue weighted by molar-refractivity contribution is 7.26. The Balaban J connectivity index is 2.13. The number of aromatic amines is 1. The molecule has 0 bridgehead atoms. The molecule has 0 aliphatic rings. The molecule has 0 saturated carbocycles. The second-order valence-corrected chi connectivity index (χ2v) is 6.04. The summed E-state index contributed by atoms with van der Waals surface area (Å²) in [7, 11) is 0. The summed E-state index contributed by atoms with van der Waals surface area (Å²) in [6.07, 6.45) is 1.85. The number of hydrogen-bond acceptors (Lipinski definition) is 2. The lowest BCUT2D eigenvalue weighted by atomic mass is 10.1. The van der Waals surface area contributed by atoms with Crippen LogP contribution in [-0.4, -0.2) is 9.97 Å². The third-order valence-electron chi connectivity index (χ3n) is 3.87. The van der Waals surface area contributed by atoms with E-state index in [2.05, 4.69) is 52.4 Å². The van der Waals surface area contributed by atoms with E-state index in [0.29, 0.717) is 0 Å². The van der Waals surface area contributed by atoms with E-state index in [1.54, 1.807) is 0 Å². The largest absolute Gasteiger partial charge is 0.353 e. The second-order valence-electron chi connectivity index (χ2n) is 4.99. The van der Waals surface area contributed by atoms with Crippen LogP contribution in [0.5, 0.6) is 0 Å². The van der Waals surface area contributed by atoms with Gasteiger partial charge in [0.2, 0.25) is 0 Å². The molecule has 0 saturated heterocycles. The highest BCUT2D eigenvalue weighted by Crippen LogP contribution is 2.40. The lowest BCUT2D eigenvalue weighted by Gasteiger charge is -1.98. The fourth-order valence-corrected chi connectivity index (χ4v) is 4.21. The fourth-order valence-electron chi connectivity index (χ4n) is 2.98. The Morgan fingerprint density at radius 3 is 2.80 bits per heavy atom. The molecule has 0 aliphatic carbocycles. The minimum atomic E-state index is 1.05. The smallest absolute Gasteiger partial charge is 0.0710 e. The van der Waals surface area contributed by atoms with E-state index in [0.717, 1.165) is 5.52 Å². The van der Waals surface area contributed by atoms with Crippen molar-refractivity contribution in [2.24, 2.45) is 0 Å². The van der Waals surface area contributed by atoms with Gasteiger partial charge in [-0.2, -0.15) is 0 Å². The third-order valence-corrected chi connectivity index (χ3v) is 5.06. The average molecular weight is 274 g/mol. The van der Waals surface area contributed by atoms with Gasteiger partial charge in [-0.25, -0.2) is 0 Å². The van der Waals surface area contributed by atoms with Gasteiger partial charge < -0.3 is 4.98 Å². The summed E-state index contributed by atoms with van der Waals surface area (Å²) in [5, 5.41) is 3.83. The zero-order valence-electron chi connectivity index (χ0n) is 10.6. The molecule has 2 nitrogen and oxygen atoms in total. The van der Waals surface area contributed by atoms with Crippen LogP contribution < -0.4 is 0 Å². The normalized spacial score (nSPS) is 12.0. The number of nitrogens with zero attached hydrogens (tertiary/aromatic N) is 1. The first-order valence-corrected chi connectivity index (χ1v) is 7.40. The third kappa shape index (κ3) is 1.20. The van der Waals surface area contributed by atoms with Gasteiger partial charge >= 0.3 is 0 Å². The molecule has 3 heterocycles. The molecule has 5 aromatic rings. The summed E-state index contributed by atoms with van der Waals surface area (Å²) >= 11 is 1.85. The molecule has 0 amide bonds. The first kappa shape index (κ1) is 10.4. The number of rotatable bonds is 0. The van der Waals surface area contributed by atoms with Crippen LogP contribution in [0.2, 0.25) is 0 Å². The average Bonchev–Trinajstić information content (AvgIpc) is 3.03. The molecule has 0 atom stereocenters. The van der Waals surface area contributed by atoms with Crippen molar-refractivity contribution in [1.82, 2.24) is 9.97 Å². The lowest BCUT2D eigenvalue weighted by molar-refractivity contribution is 1.42. The van der Waals surface area contributed by atoms with Gasteiger partial charge in [0.05, 0.1) is 15.7 Å². The molecular formula is C17H10N2S. The Kier molecular flexibility index (Phi) is 1.86. The van der Waals surface area contributed by atoms with Gasteiger partial charge in [0.1, 0.15) is 0 Å².